The van der Waals surface area contributed by atoms with Crippen molar-refractivity contribution < 1.29 is 4.48 Å². The highest BCUT2D eigenvalue weighted by Crippen LogP contribution is 2.24. The second-order valence-electron chi connectivity index (χ2n) is 6.49. The molecule has 0 rings (SSSR count). The molecule has 0 fully saturated rings. The minimum Gasteiger partial charge on any atom is -0.326 e. The Morgan fingerprint density at radius 3 is 2.11 bits per heavy atom. The van der Waals surface area contributed by atoms with Gasteiger partial charge in [-0.2, -0.15) is 0 Å². The third kappa shape index (κ3) is 7.77. The van der Waals surface area contributed by atoms with Crippen LogP contribution in [0.15, 0.2) is 12.7 Å². The van der Waals surface area contributed by atoms with Crippen LogP contribution in [0.1, 0.15) is 66.2 Å². The van der Waals surface area contributed by atoms with Gasteiger partial charge in [-0.3, -0.25) is 0 Å². The second kappa shape index (κ2) is 10.5. The first-order valence-corrected chi connectivity index (χ1v) is 8.49. The quantitative estimate of drug-likeness (QED) is 0.257. The van der Waals surface area contributed by atoms with Gasteiger partial charge in [-0.15, -0.1) is 6.58 Å². The standard InChI is InChI=1S/C18H38N/c1-7-11-12-13-14-18(8-2)17(5)15-16-19(6,9-3)10-4/h8,17-18H,2,7,9-16H2,1,3-6H3/q+1. The van der Waals surface area contributed by atoms with Gasteiger partial charge in [0, 0.05) is 0 Å². The van der Waals surface area contributed by atoms with Crippen LogP contribution in [0.2, 0.25) is 0 Å². The summed E-state index contributed by atoms with van der Waals surface area (Å²) in [4.78, 5) is 0. The van der Waals surface area contributed by atoms with E-state index in [4.69, 9.17) is 0 Å². The van der Waals surface area contributed by atoms with Gasteiger partial charge in [-0.05, 0) is 38.5 Å². The van der Waals surface area contributed by atoms with Crippen molar-refractivity contribution in [2.24, 2.45) is 11.8 Å². The number of allylic oxidation sites excluding steroid dienone is 1. The Hall–Kier alpha value is -0.300. The lowest BCUT2D eigenvalue weighted by Gasteiger charge is -2.34. The molecular weight excluding hydrogens is 230 g/mol. The van der Waals surface area contributed by atoms with Crippen molar-refractivity contribution in [3.63, 3.8) is 0 Å². The summed E-state index contributed by atoms with van der Waals surface area (Å²) in [7, 11) is 2.39. The van der Waals surface area contributed by atoms with E-state index in [0.717, 1.165) is 11.8 Å². The molecule has 0 aliphatic heterocycles. The van der Waals surface area contributed by atoms with E-state index < -0.39 is 0 Å². The van der Waals surface area contributed by atoms with Crippen molar-refractivity contribution in [1.82, 2.24) is 0 Å². The molecule has 0 aromatic rings. The van der Waals surface area contributed by atoms with E-state index in [1.54, 1.807) is 0 Å². The van der Waals surface area contributed by atoms with Crippen molar-refractivity contribution >= 4 is 0 Å². The fourth-order valence-corrected chi connectivity index (χ4v) is 2.71. The first-order valence-electron chi connectivity index (χ1n) is 8.49. The van der Waals surface area contributed by atoms with Crippen molar-refractivity contribution in [1.29, 1.82) is 0 Å². The SMILES string of the molecule is C=CC(CCCCCC)C(C)CC[N+](C)(CC)CC. The summed E-state index contributed by atoms with van der Waals surface area (Å²) in [5, 5.41) is 0. The smallest absolute Gasteiger partial charge is 0.0787 e. The topological polar surface area (TPSA) is 0 Å². The third-order valence-electron chi connectivity index (χ3n) is 5.08. The highest BCUT2D eigenvalue weighted by molar-refractivity contribution is 4.82. The molecule has 0 heterocycles. The largest absolute Gasteiger partial charge is 0.326 e. The van der Waals surface area contributed by atoms with Crippen molar-refractivity contribution in [3.05, 3.63) is 12.7 Å². The Kier molecular flexibility index (Phi) is 10.3. The molecule has 0 bridgehead atoms. The highest BCUT2D eigenvalue weighted by atomic mass is 15.3. The van der Waals surface area contributed by atoms with Gasteiger partial charge >= 0.3 is 0 Å². The van der Waals surface area contributed by atoms with E-state index in [2.05, 4.69) is 47.4 Å². The number of hydrogen-bond donors (Lipinski definition) is 0. The van der Waals surface area contributed by atoms with Crippen LogP contribution in [0.3, 0.4) is 0 Å². The molecule has 114 valence electrons. The van der Waals surface area contributed by atoms with Crippen LogP contribution in [0.25, 0.3) is 0 Å². The molecule has 1 heteroatoms. The average Bonchev–Trinajstić information content (AvgIpc) is 2.44. The molecule has 2 unspecified atom stereocenters. The summed E-state index contributed by atoms with van der Waals surface area (Å²) in [6.45, 7) is 17.2. The van der Waals surface area contributed by atoms with Gasteiger partial charge in [0.2, 0.25) is 0 Å². The van der Waals surface area contributed by atoms with Crippen LogP contribution in [0.5, 0.6) is 0 Å². The summed E-state index contributed by atoms with van der Waals surface area (Å²) in [6.07, 6.45) is 10.4. The summed E-state index contributed by atoms with van der Waals surface area (Å²) in [6, 6.07) is 0. The first kappa shape index (κ1) is 18.7. The summed E-state index contributed by atoms with van der Waals surface area (Å²) in [5.41, 5.74) is 0. The zero-order chi connectivity index (χ0) is 14.7. The molecule has 1 nitrogen and oxygen atoms in total. The normalized spacial score (nSPS) is 15.2. The number of quaternary nitrogens is 1. The molecule has 0 aromatic heterocycles. The lowest BCUT2D eigenvalue weighted by molar-refractivity contribution is -0.906. The Morgan fingerprint density at radius 2 is 1.63 bits per heavy atom. The monoisotopic (exact) mass is 268 g/mol. The van der Waals surface area contributed by atoms with Gasteiger partial charge in [-0.1, -0.05) is 45.6 Å². The molecule has 0 spiro atoms. The van der Waals surface area contributed by atoms with E-state index in [9.17, 15) is 0 Å². The molecule has 0 N–H and O–H groups in total. The molecule has 0 aromatic carbocycles. The van der Waals surface area contributed by atoms with E-state index in [1.165, 1.54) is 62.6 Å². The summed E-state index contributed by atoms with van der Waals surface area (Å²) in [5.74, 6) is 1.51. The van der Waals surface area contributed by atoms with Gasteiger partial charge in [0.05, 0.1) is 26.7 Å². The first-order chi connectivity index (χ1) is 9.02. The van der Waals surface area contributed by atoms with Crippen LogP contribution in [-0.2, 0) is 0 Å². The van der Waals surface area contributed by atoms with Crippen molar-refractivity contribution in [2.75, 3.05) is 26.7 Å². The van der Waals surface area contributed by atoms with E-state index in [1.807, 2.05) is 0 Å². The van der Waals surface area contributed by atoms with Gasteiger partial charge in [0.25, 0.3) is 0 Å². The lowest BCUT2D eigenvalue weighted by Crippen LogP contribution is -2.45. The predicted octanol–water partition coefficient (Wildman–Crippen LogP) is 5.27. The number of nitrogens with zero attached hydrogens (tertiary/aromatic N) is 1. The van der Waals surface area contributed by atoms with Crippen molar-refractivity contribution in [2.45, 2.75) is 66.2 Å². The molecule has 19 heavy (non-hydrogen) atoms. The van der Waals surface area contributed by atoms with Crippen LogP contribution >= 0.6 is 0 Å². The zero-order valence-corrected chi connectivity index (χ0v) is 14.3. The predicted molar refractivity (Wildman–Crippen MR) is 88.4 cm³/mol. The molecule has 0 saturated carbocycles. The zero-order valence-electron chi connectivity index (χ0n) is 14.3. The van der Waals surface area contributed by atoms with E-state index in [0.29, 0.717) is 0 Å². The fraction of sp³-hybridized carbons (Fsp3) is 0.889. The highest BCUT2D eigenvalue weighted by Gasteiger charge is 2.20. The maximum Gasteiger partial charge on any atom is 0.0787 e. The van der Waals surface area contributed by atoms with E-state index >= 15 is 0 Å². The Balaban J connectivity index is 4.06. The minimum absolute atomic E-state index is 0.721. The summed E-state index contributed by atoms with van der Waals surface area (Å²) >= 11 is 0. The minimum atomic E-state index is 0.721. The number of unbranched alkanes of at least 4 members (excludes halogenated alkanes) is 3. The van der Waals surface area contributed by atoms with Crippen LogP contribution in [0, 0.1) is 11.8 Å². The Labute approximate surface area is 122 Å². The Bertz CT molecular complexity index is 218. The van der Waals surface area contributed by atoms with Crippen molar-refractivity contribution in [3.8, 4) is 0 Å². The maximum absolute atomic E-state index is 4.06. The van der Waals surface area contributed by atoms with Crippen LogP contribution in [-0.4, -0.2) is 31.2 Å². The maximum atomic E-state index is 4.06. The van der Waals surface area contributed by atoms with Gasteiger partial charge in [0.15, 0.2) is 0 Å². The van der Waals surface area contributed by atoms with Gasteiger partial charge in [-0.25, -0.2) is 0 Å². The molecule has 0 aliphatic rings. The number of hydrogen-bond acceptors (Lipinski definition) is 0. The molecule has 0 amide bonds. The third-order valence-corrected chi connectivity index (χ3v) is 5.08. The van der Waals surface area contributed by atoms with Gasteiger partial charge < -0.3 is 4.48 Å². The van der Waals surface area contributed by atoms with E-state index in [-0.39, 0.29) is 0 Å². The summed E-state index contributed by atoms with van der Waals surface area (Å²) < 4.78 is 1.21. The Morgan fingerprint density at radius 1 is 1.00 bits per heavy atom. The van der Waals surface area contributed by atoms with Crippen LogP contribution < -0.4 is 0 Å². The van der Waals surface area contributed by atoms with Crippen LogP contribution in [0.4, 0.5) is 0 Å². The molecule has 2 atom stereocenters. The molecule has 0 saturated heterocycles. The fourth-order valence-electron chi connectivity index (χ4n) is 2.71. The second-order valence-corrected chi connectivity index (χ2v) is 6.49. The number of rotatable bonds is 12. The average molecular weight is 269 g/mol. The molecular formula is C18H38N+. The molecule has 0 aliphatic carbocycles. The molecule has 0 radical (unpaired) electrons. The van der Waals surface area contributed by atoms with Gasteiger partial charge in [0.1, 0.15) is 0 Å². The lowest BCUT2D eigenvalue weighted by atomic mass is 9.86.